The maximum absolute atomic E-state index is 4.59. The predicted octanol–water partition coefficient (Wildman–Crippen LogP) is 4.28. The summed E-state index contributed by atoms with van der Waals surface area (Å²) in [5.74, 6) is 0. The summed E-state index contributed by atoms with van der Waals surface area (Å²) in [6, 6.07) is 2.24. The van der Waals surface area contributed by atoms with Crippen LogP contribution in [0.15, 0.2) is 12.3 Å². The maximum Gasteiger partial charge on any atom is 0.0411 e. The first-order valence-corrected chi connectivity index (χ1v) is 6.05. The number of aromatic nitrogens is 1. The highest BCUT2D eigenvalue weighted by atomic mass is 14.7. The van der Waals surface area contributed by atoms with Crippen molar-refractivity contribution < 1.29 is 0 Å². The molecule has 1 aromatic heterocycles. The quantitative estimate of drug-likeness (QED) is 0.687. The minimum Gasteiger partial charge on any atom is -0.261 e. The Hall–Kier alpha value is -0.850. The van der Waals surface area contributed by atoms with Gasteiger partial charge < -0.3 is 0 Å². The molecule has 0 spiro atoms. The third-order valence-electron chi connectivity index (χ3n) is 2.69. The van der Waals surface area contributed by atoms with Gasteiger partial charge in [0.2, 0.25) is 0 Å². The largest absolute Gasteiger partial charge is 0.261 e. The first-order chi connectivity index (χ1) is 7.09. The predicted molar refractivity (Wildman–Crippen MR) is 70.8 cm³/mol. The van der Waals surface area contributed by atoms with Crippen LogP contribution in [0.3, 0.4) is 0 Å². The molecule has 1 rings (SSSR count). The number of nitrogens with zero attached hydrogens (tertiary/aromatic N) is 1. The second kappa shape index (κ2) is 4.20. The van der Waals surface area contributed by atoms with Gasteiger partial charge in [0.15, 0.2) is 0 Å². The van der Waals surface area contributed by atoms with Crippen molar-refractivity contribution >= 4 is 0 Å². The Morgan fingerprint density at radius 2 is 1.62 bits per heavy atom. The number of hydrogen-bond donors (Lipinski definition) is 0. The minimum atomic E-state index is 0.192. The van der Waals surface area contributed by atoms with Crippen LogP contribution in [-0.4, -0.2) is 4.98 Å². The third-order valence-corrected chi connectivity index (χ3v) is 2.69. The lowest BCUT2D eigenvalue weighted by molar-refractivity contribution is 0.406. The second-order valence-electron chi connectivity index (χ2n) is 6.98. The lowest BCUT2D eigenvalue weighted by Crippen LogP contribution is -2.16. The monoisotopic (exact) mass is 219 g/mol. The van der Waals surface area contributed by atoms with Gasteiger partial charge in [-0.2, -0.15) is 0 Å². The highest BCUT2D eigenvalue weighted by Gasteiger charge is 2.18. The van der Waals surface area contributed by atoms with Crippen LogP contribution in [-0.2, 0) is 11.8 Å². The molecule has 0 N–H and O–H groups in total. The summed E-state index contributed by atoms with van der Waals surface area (Å²) in [4.78, 5) is 4.59. The second-order valence-corrected chi connectivity index (χ2v) is 6.98. The van der Waals surface area contributed by atoms with E-state index in [0.29, 0.717) is 5.41 Å². The number of rotatable bonds is 1. The van der Waals surface area contributed by atoms with Gasteiger partial charge >= 0.3 is 0 Å². The molecule has 16 heavy (non-hydrogen) atoms. The smallest absolute Gasteiger partial charge is 0.0411 e. The molecule has 0 saturated heterocycles. The van der Waals surface area contributed by atoms with Crippen molar-refractivity contribution in [2.75, 3.05) is 0 Å². The molecule has 1 nitrogen and oxygen atoms in total. The average Bonchev–Trinajstić information content (AvgIpc) is 1.97. The maximum atomic E-state index is 4.59. The van der Waals surface area contributed by atoms with Crippen LogP contribution in [0.5, 0.6) is 0 Å². The Morgan fingerprint density at radius 1 is 1.06 bits per heavy atom. The Balaban J connectivity index is 3.01. The van der Waals surface area contributed by atoms with Gasteiger partial charge in [-0.05, 0) is 41.4 Å². The summed E-state index contributed by atoms with van der Waals surface area (Å²) in [6.45, 7) is 15.7. The van der Waals surface area contributed by atoms with Crippen LogP contribution in [0.4, 0.5) is 0 Å². The third kappa shape index (κ3) is 3.62. The molecule has 90 valence electrons. The summed E-state index contributed by atoms with van der Waals surface area (Å²) in [5.41, 5.74) is 4.42. The lowest BCUT2D eigenvalue weighted by atomic mass is 9.84. The van der Waals surface area contributed by atoms with Gasteiger partial charge in [-0.15, -0.1) is 0 Å². The van der Waals surface area contributed by atoms with Crippen LogP contribution in [0, 0.1) is 12.3 Å². The lowest BCUT2D eigenvalue weighted by Gasteiger charge is -2.23. The van der Waals surface area contributed by atoms with E-state index < -0.39 is 0 Å². The molecule has 1 heterocycles. The van der Waals surface area contributed by atoms with E-state index >= 15 is 0 Å². The highest BCUT2D eigenvalue weighted by molar-refractivity contribution is 5.31. The van der Waals surface area contributed by atoms with Crippen molar-refractivity contribution in [2.45, 2.75) is 60.3 Å². The summed E-state index contributed by atoms with van der Waals surface area (Å²) in [7, 11) is 0. The van der Waals surface area contributed by atoms with Crippen molar-refractivity contribution in [1.29, 1.82) is 0 Å². The molecule has 0 aromatic carbocycles. The van der Waals surface area contributed by atoms with Crippen LogP contribution >= 0.6 is 0 Å². The Bertz CT molecular complexity index is 364. The summed E-state index contributed by atoms with van der Waals surface area (Å²) < 4.78 is 0. The fraction of sp³-hybridized carbons (Fsp3) is 0.667. The van der Waals surface area contributed by atoms with Gasteiger partial charge in [0, 0.05) is 11.9 Å². The summed E-state index contributed by atoms with van der Waals surface area (Å²) in [5, 5.41) is 0. The zero-order valence-electron chi connectivity index (χ0n) is 11.8. The molecule has 0 unspecified atom stereocenters. The molecule has 1 aromatic rings. The molecule has 0 aliphatic carbocycles. The number of hydrogen-bond acceptors (Lipinski definition) is 1. The van der Waals surface area contributed by atoms with E-state index in [1.165, 1.54) is 16.8 Å². The van der Waals surface area contributed by atoms with Crippen LogP contribution in [0.2, 0.25) is 0 Å². The van der Waals surface area contributed by atoms with Crippen molar-refractivity contribution in [1.82, 2.24) is 4.98 Å². The van der Waals surface area contributed by atoms with Crippen LogP contribution < -0.4 is 0 Å². The van der Waals surface area contributed by atoms with Gasteiger partial charge in [-0.3, -0.25) is 4.98 Å². The molecular formula is C15H25N. The molecule has 0 saturated carbocycles. The normalized spacial score (nSPS) is 12.9. The molecule has 0 amide bonds. The molecule has 1 heteroatoms. The first kappa shape index (κ1) is 13.2. The van der Waals surface area contributed by atoms with Crippen molar-refractivity contribution in [3.8, 4) is 0 Å². The molecule has 0 fully saturated rings. The van der Waals surface area contributed by atoms with E-state index in [1.54, 1.807) is 0 Å². The fourth-order valence-corrected chi connectivity index (χ4v) is 2.04. The highest BCUT2D eigenvalue weighted by Crippen LogP contribution is 2.26. The van der Waals surface area contributed by atoms with Crippen molar-refractivity contribution in [3.63, 3.8) is 0 Å². The number of pyridine rings is 1. The standard InChI is InChI=1S/C15H25N/c1-11-8-12(9-14(2,3)4)16-10-13(11)15(5,6)7/h8,10H,9H2,1-7H3. The average molecular weight is 219 g/mol. The fourth-order valence-electron chi connectivity index (χ4n) is 2.04. The number of aryl methyl sites for hydroxylation is 1. The molecule has 0 aliphatic heterocycles. The van der Waals surface area contributed by atoms with Gasteiger partial charge in [0.25, 0.3) is 0 Å². The molecule has 0 atom stereocenters. The minimum absolute atomic E-state index is 0.192. The van der Waals surface area contributed by atoms with E-state index in [9.17, 15) is 0 Å². The van der Waals surface area contributed by atoms with Gasteiger partial charge in [-0.25, -0.2) is 0 Å². The van der Waals surface area contributed by atoms with Gasteiger partial charge in [-0.1, -0.05) is 41.5 Å². The molecule has 0 aliphatic rings. The summed E-state index contributed by atoms with van der Waals surface area (Å²) >= 11 is 0. The van der Waals surface area contributed by atoms with E-state index in [2.05, 4.69) is 65.7 Å². The topological polar surface area (TPSA) is 12.9 Å². The van der Waals surface area contributed by atoms with Crippen molar-refractivity contribution in [2.24, 2.45) is 5.41 Å². The van der Waals surface area contributed by atoms with E-state index in [0.717, 1.165) is 6.42 Å². The molecular weight excluding hydrogens is 194 g/mol. The van der Waals surface area contributed by atoms with Gasteiger partial charge in [0.1, 0.15) is 0 Å². The van der Waals surface area contributed by atoms with E-state index in [4.69, 9.17) is 0 Å². The van der Waals surface area contributed by atoms with Crippen LogP contribution in [0.1, 0.15) is 58.4 Å². The van der Waals surface area contributed by atoms with E-state index in [-0.39, 0.29) is 5.41 Å². The molecule has 0 radical (unpaired) electrons. The zero-order chi connectivity index (χ0) is 12.6. The Kier molecular flexibility index (Phi) is 3.47. The SMILES string of the molecule is Cc1cc(CC(C)(C)C)ncc1C(C)(C)C. The first-order valence-electron chi connectivity index (χ1n) is 6.05. The zero-order valence-corrected chi connectivity index (χ0v) is 11.8. The van der Waals surface area contributed by atoms with Gasteiger partial charge in [0.05, 0.1) is 0 Å². The summed E-state index contributed by atoms with van der Waals surface area (Å²) in [6.07, 6.45) is 3.09. The molecule has 0 bridgehead atoms. The Labute approximate surface area is 100 Å². The van der Waals surface area contributed by atoms with E-state index in [1.807, 2.05) is 0 Å². The van der Waals surface area contributed by atoms with Crippen LogP contribution in [0.25, 0.3) is 0 Å². The van der Waals surface area contributed by atoms with Crippen molar-refractivity contribution in [3.05, 3.63) is 29.1 Å². The Morgan fingerprint density at radius 3 is 2.00 bits per heavy atom.